The highest BCUT2D eigenvalue weighted by atomic mass is 79.9. The second-order valence-corrected chi connectivity index (χ2v) is 4.16. The average Bonchev–Trinajstić information content (AvgIpc) is 2.10. The molecule has 0 saturated carbocycles. The van der Waals surface area contributed by atoms with Crippen LogP contribution in [0.15, 0.2) is 0 Å². The van der Waals surface area contributed by atoms with Crippen LogP contribution in [0.4, 0.5) is 13.2 Å². The van der Waals surface area contributed by atoms with Crippen molar-refractivity contribution in [2.45, 2.75) is 25.4 Å². The highest BCUT2D eigenvalue weighted by molar-refractivity contribution is 9.09. The first kappa shape index (κ1) is 15.2. The third-order valence-corrected chi connectivity index (χ3v) is 2.49. The lowest BCUT2D eigenvalue weighted by atomic mass is 10.2. The molecule has 0 aromatic carbocycles. The molecule has 0 aliphatic rings. The predicted octanol–water partition coefficient (Wildman–Crippen LogP) is 2.41. The molecule has 0 aliphatic heterocycles. The van der Waals surface area contributed by atoms with E-state index in [9.17, 15) is 13.2 Å². The summed E-state index contributed by atoms with van der Waals surface area (Å²) in [7, 11) is 0. The van der Waals surface area contributed by atoms with Gasteiger partial charge in [-0.15, -0.1) is 0 Å². The normalized spacial score (nSPS) is 12.4. The number of aliphatic hydroxyl groups excluding tert-OH is 1. The Morgan fingerprint density at radius 1 is 1.07 bits per heavy atom. The summed E-state index contributed by atoms with van der Waals surface area (Å²) in [5.41, 5.74) is 0. The van der Waals surface area contributed by atoms with Crippen LogP contribution < -0.4 is 0 Å². The maximum atomic E-state index is 12.1. The Bertz CT molecular complexity index is 155. The molecule has 0 bridgehead atoms. The third-order valence-electron chi connectivity index (χ3n) is 1.93. The summed E-state index contributed by atoms with van der Waals surface area (Å²) in [6.07, 6.45) is -1.56. The summed E-state index contributed by atoms with van der Waals surface area (Å²) in [6, 6.07) is 0. The largest absolute Gasteiger partial charge is 0.401 e. The van der Waals surface area contributed by atoms with Crippen LogP contribution in [0.3, 0.4) is 0 Å². The number of hydrogen-bond acceptors (Lipinski definition) is 2. The summed E-state index contributed by atoms with van der Waals surface area (Å²) in [5.74, 6) is 0. The molecule has 0 saturated heterocycles. The Morgan fingerprint density at radius 3 is 2.20 bits per heavy atom. The minimum Gasteiger partial charge on any atom is -0.395 e. The van der Waals surface area contributed by atoms with Gasteiger partial charge in [-0.2, -0.15) is 13.2 Å². The number of unbranched alkanes of at least 4 members (excludes halogenated alkanes) is 2. The summed E-state index contributed by atoms with van der Waals surface area (Å²) >= 11 is 3.26. The SMILES string of the molecule is OCCN(CCCCCBr)CC(F)(F)F. The monoisotopic (exact) mass is 291 g/mol. The minimum atomic E-state index is -4.18. The van der Waals surface area contributed by atoms with E-state index in [-0.39, 0.29) is 13.2 Å². The van der Waals surface area contributed by atoms with Crippen molar-refractivity contribution in [3.63, 3.8) is 0 Å². The van der Waals surface area contributed by atoms with Gasteiger partial charge in [0.1, 0.15) is 0 Å². The van der Waals surface area contributed by atoms with Gasteiger partial charge in [-0.1, -0.05) is 22.4 Å². The van der Waals surface area contributed by atoms with E-state index in [1.807, 2.05) is 0 Å². The van der Waals surface area contributed by atoms with Gasteiger partial charge in [0.15, 0.2) is 0 Å². The van der Waals surface area contributed by atoms with Crippen molar-refractivity contribution in [3.8, 4) is 0 Å². The smallest absolute Gasteiger partial charge is 0.395 e. The molecule has 2 nitrogen and oxygen atoms in total. The first-order valence-corrected chi connectivity index (χ1v) is 6.07. The van der Waals surface area contributed by atoms with Crippen molar-refractivity contribution < 1.29 is 18.3 Å². The lowest BCUT2D eigenvalue weighted by Gasteiger charge is -2.22. The fraction of sp³-hybridized carbons (Fsp3) is 1.00. The number of nitrogens with zero attached hydrogens (tertiary/aromatic N) is 1. The molecule has 0 aliphatic carbocycles. The van der Waals surface area contributed by atoms with Crippen LogP contribution >= 0.6 is 15.9 Å². The first-order valence-electron chi connectivity index (χ1n) is 4.95. The van der Waals surface area contributed by atoms with Gasteiger partial charge in [0, 0.05) is 11.9 Å². The maximum absolute atomic E-state index is 12.1. The zero-order chi connectivity index (χ0) is 11.7. The van der Waals surface area contributed by atoms with E-state index in [1.54, 1.807) is 0 Å². The molecule has 6 heteroatoms. The molecule has 0 atom stereocenters. The van der Waals surface area contributed by atoms with E-state index in [1.165, 1.54) is 4.90 Å². The predicted molar refractivity (Wildman–Crippen MR) is 57.2 cm³/mol. The molecular formula is C9H17BrF3NO. The van der Waals surface area contributed by atoms with Crippen LogP contribution in [0.2, 0.25) is 0 Å². The lowest BCUT2D eigenvalue weighted by Crippen LogP contribution is -2.36. The van der Waals surface area contributed by atoms with Crippen molar-refractivity contribution in [1.29, 1.82) is 0 Å². The topological polar surface area (TPSA) is 23.5 Å². The molecule has 0 spiro atoms. The fourth-order valence-corrected chi connectivity index (χ4v) is 1.67. The molecule has 1 N–H and O–H groups in total. The van der Waals surface area contributed by atoms with E-state index >= 15 is 0 Å². The van der Waals surface area contributed by atoms with Crippen molar-refractivity contribution in [2.75, 3.05) is 31.6 Å². The number of hydrogen-bond donors (Lipinski definition) is 1. The molecule has 0 rings (SSSR count). The molecular weight excluding hydrogens is 275 g/mol. The summed E-state index contributed by atoms with van der Waals surface area (Å²) in [4.78, 5) is 1.24. The Labute approximate surface area is 96.6 Å². The molecule has 0 aromatic heterocycles. The standard InChI is InChI=1S/C9H17BrF3NO/c10-4-2-1-3-5-14(6-7-15)8-9(11,12)13/h15H,1-8H2. The Morgan fingerprint density at radius 2 is 1.73 bits per heavy atom. The van der Waals surface area contributed by atoms with E-state index < -0.39 is 12.7 Å². The summed E-state index contributed by atoms with van der Waals surface area (Å²) < 4.78 is 36.2. The van der Waals surface area contributed by atoms with Crippen molar-refractivity contribution in [2.24, 2.45) is 0 Å². The minimum absolute atomic E-state index is 0.0911. The van der Waals surface area contributed by atoms with Gasteiger partial charge in [-0.05, 0) is 19.4 Å². The maximum Gasteiger partial charge on any atom is 0.401 e. The second kappa shape index (κ2) is 8.35. The van der Waals surface area contributed by atoms with Crippen LogP contribution in [0.1, 0.15) is 19.3 Å². The molecule has 0 heterocycles. The zero-order valence-corrected chi connectivity index (χ0v) is 10.1. The summed E-state index contributed by atoms with van der Waals surface area (Å²) in [5, 5.41) is 9.50. The highest BCUT2D eigenvalue weighted by Gasteiger charge is 2.30. The van der Waals surface area contributed by atoms with Crippen LogP contribution in [-0.2, 0) is 0 Å². The van der Waals surface area contributed by atoms with Crippen LogP contribution in [-0.4, -0.2) is 47.8 Å². The molecule has 0 fully saturated rings. The molecule has 15 heavy (non-hydrogen) atoms. The molecule has 92 valence electrons. The summed E-state index contributed by atoms with van der Waals surface area (Å²) in [6.45, 7) is -0.669. The van der Waals surface area contributed by atoms with Crippen LogP contribution in [0.5, 0.6) is 0 Å². The van der Waals surface area contributed by atoms with Crippen molar-refractivity contribution in [3.05, 3.63) is 0 Å². The lowest BCUT2D eigenvalue weighted by molar-refractivity contribution is -0.146. The van der Waals surface area contributed by atoms with Crippen LogP contribution in [0.25, 0.3) is 0 Å². The van der Waals surface area contributed by atoms with E-state index in [0.29, 0.717) is 6.54 Å². The molecule has 0 amide bonds. The second-order valence-electron chi connectivity index (χ2n) is 3.36. The van der Waals surface area contributed by atoms with Gasteiger partial charge in [0.05, 0.1) is 13.2 Å². The average molecular weight is 292 g/mol. The van der Waals surface area contributed by atoms with Gasteiger partial charge in [-0.25, -0.2) is 0 Å². The van der Waals surface area contributed by atoms with E-state index in [0.717, 1.165) is 24.6 Å². The fourth-order valence-electron chi connectivity index (χ4n) is 1.27. The zero-order valence-electron chi connectivity index (χ0n) is 8.56. The molecule has 0 aromatic rings. The Hall–Kier alpha value is 0.190. The Balaban J connectivity index is 3.73. The van der Waals surface area contributed by atoms with Crippen LogP contribution in [0, 0.1) is 0 Å². The number of aliphatic hydroxyl groups is 1. The van der Waals surface area contributed by atoms with E-state index in [4.69, 9.17) is 5.11 Å². The Kier molecular flexibility index (Phi) is 8.46. The molecule has 0 radical (unpaired) electrons. The van der Waals surface area contributed by atoms with E-state index in [2.05, 4.69) is 15.9 Å². The number of rotatable bonds is 8. The van der Waals surface area contributed by atoms with Gasteiger partial charge >= 0.3 is 6.18 Å². The molecule has 0 unspecified atom stereocenters. The van der Waals surface area contributed by atoms with Crippen molar-refractivity contribution in [1.82, 2.24) is 4.90 Å². The quantitative estimate of drug-likeness (QED) is 0.548. The highest BCUT2D eigenvalue weighted by Crippen LogP contribution is 2.16. The van der Waals surface area contributed by atoms with Gasteiger partial charge in [0.2, 0.25) is 0 Å². The number of halogens is 4. The first-order chi connectivity index (χ1) is 6.99. The van der Waals surface area contributed by atoms with Gasteiger partial charge in [0.25, 0.3) is 0 Å². The van der Waals surface area contributed by atoms with Gasteiger partial charge in [-0.3, -0.25) is 4.90 Å². The van der Waals surface area contributed by atoms with Gasteiger partial charge < -0.3 is 5.11 Å². The third kappa shape index (κ3) is 10.5. The number of alkyl halides is 4. The van der Waals surface area contributed by atoms with Crippen molar-refractivity contribution >= 4 is 15.9 Å².